The lowest BCUT2D eigenvalue weighted by Gasteiger charge is -2.44. The van der Waals surface area contributed by atoms with Crippen LogP contribution in [0.1, 0.15) is 46.9 Å². The van der Waals surface area contributed by atoms with Gasteiger partial charge in [-0.1, -0.05) is 11.6 Å². The second kappa shape index (κ2) is 11.3. The molecule has 0 amide bonds. The minimum absolute atomic E-state index is 0. The van der Waals surface area contributed by atoms with Gasteiger partial charge in [0.25, 0.3) is 0 Å². The number of aliphatic hydroxyl groups excluding tert-OH is 4. The Labute approximate surface area is 256 Å². The van der Waals surface area contributed by atoms with E-state index in [1.807, 2.05) is 18.2 Å². The Morgan fingerprint density at radius 1 is 0.767 bits per heavy atom. The molecule has 2 aromatic rings. The van der Waals surface area contributed by atoms with Crippen LogP contribution in [0.25, 0.3) is 0 Å². The fourth-order valence-corrected chi connectivity index (χ4v) is 8.48. The van der Waals surface area contributed by atoms with Gasteiger partial charge in [0, 0.05) is 37.0 Å². The number of fused-ring (bicyclic) bond motifs is 4. The lowest BCUT2D eigenvalue weighted by Crippen LogP contribution is -3.14. The molecule has 7 N–H and O–H groups in total. The SMILES string of the molecule is COc1cc2c(cc1O)[C@@H]1[C@H](O)[C@@H](O)C=C3CCN(C2)[C@H]31.COc1cc2c(cc1O)[C@@H]1[C@H](O)[C@@H](O)C=C3CC[NH+](C2)[C@H]31.[Cl-]. The van der Waals surface area contributed by atoms with E-state index in [4.69, 9.17) is 9.47 Å². The van der Waals surface area contributed by atoms with Crippen molar-refractivity contribution in [3.05, 3.63) is 69.8 Å². The summed E-state index contributed by atoms with van der Waals surface area (Å²) in [5.41, 5.74) is 6.47. The highest BCUT2D eigenvalue weighted by atomic mass is 35.5. The number of quaternary nitrogens is 1. The topological polar surface area (TPSA) is 148 Å². The molecular formula is C32H39ClN2O8. The van der Waals surface area contributed by atoms with E-state index in [1.54, 1.807) is 18.2 Å². The van der Waals surface area contributed by atoms with Crippen molar-refractivity contribution in [2.24, 2.45) is 0 Å². The quantitative estimate of drug-likeness (QED) is 0.177. The van der Waals surface area contributed by atoms with Crippen LogP contribution in [-0.4, -0.2) is 99.3 Å². The molecule has 43 heavy (non-hydrogen) atoms. The number of benzene rings is 2. The second-order valence-corrected chi connectivity index (χ2v) is 12.4. The number of phenolic OH excluding ortho intramolecular Hbond substituents is 2. The summed E-state index contributed by atoms with van der Waals surface area (Å²) >= 11 is 0. The highest BCUT2D eigenvalue weighted by molar-refractivity contribution is 5.52. The Balaban J connectivity index is 0.000000150. The molecule has 10 nitrogen and oxygen atoms in total. The number of nitrogens with zero attached hydrogens (tertiary/aromatic N) is 1. The molecule has 2 fully saturated rings. The van der Waals surface area contributed by atoms with E-state index in [9.17, 15) is 30.6 Å². The summed E-state index contributed by atoms with van der Waals surface area (Å²) < 4.78 is 10.4. The van der Waals surface area contributed by atoms with E-state index < -0.39 is 24.4 Å². The van der Waals surface area contributed by atoms with Crippen molar-refractivity contribution in [1.29, 1.82) is 0 Å². The van der Waals surface area contributed by atoms with Crippen LogP contribution in [0.15, 0.2) is 47.6 Å². The molecule has 2 aliphatic carbocycles. The zero-order valence-electron chi connectivity index (χ0n) is 24.2. The Bertz CT molecular complexity index is 1370. The fraction of sp³-hybridized carbons (Fsp3) is 0.500. The van der Waals surface area contributed by atoms with Gasteiger partial charge in [0.2, 0.25) is 0 Å². The summed E-state index contributed by atoms with van der Waals surface area (Å²) in [6.07, 6.45) is 2.21. The third-order valence-corrected chi connectivity index (χ3v) is 10.3. The average molecular weight is 615 g/mol. The van der Waals surface area contributed by atoms with E-state index in [0.717, 1.165) is 61.3 Å². The first-order valence-corrected chi connectivity index (χ1v) is 14.7. The molecule has 4 heterocycles. The van der Waals surface area contributed by atoms with E-state index in [-0.39, 0.29) is 47.8 Å². The molecular weight excluding hydrogens is 576 g/mol. The first kappa shape index (κ1) is 30.2. The minimum Gasteiger partial charge on any atom is -1.00 e. The molecule has 0 bridgehead atoms. The van der Waals surface area contributed by atoms with Crippen molar-refractivity contribution in [2.45, 2.75) is 74.3 Å². The van der Waals surface area contributed by atoms with Crippen LogP contribution < -0.4 is 26.8 Å². The Morgan fingerprint density at radius 3 is 2.00 bits per heavy atom. The summed E-state index contributed by atoms with van der Waals surface area (Å²) in [4.78, 5) is 3.77. The summed E-state index contributed by atoms with van der Waals surface area (Å²) in [5.74, 6) is 0.748. The zero-order valence-corrected chi connectivity index (χ0v) is 24.9. The Hall–Kier alpha value is -2.83. The molecule has 232 valence electrons. The summed E-state index contributed by atoms with van der Waals surface area (Å²) in [7, 11) is 3.07. The predicted octanol–water partition coefficient (Wildman–Crippen LogP) is -2.94. The van der Waals surface area contributed by atoms with Crippen LogP contribution in [0.4, 0.5) is 0 Å². The number of hydrogen-bond donors (Lipinski definition) is 7. The monoisotopic (exact) mass is 614 g/mol. The third kappa shape index (κ3) is 4.71. The molecule has 11 heteroatoms. The second-order valence-electron chi connectivity index (χ2n) is 12.4. The van der Waals surface area contributed by atoms with Crippen molar-refractivity contribution in [2.75, 3.05) is 27.3 Å². The smallest absolute Gasteiger partial charge is 0.160 e. The Morgan fingerprint density at radius 2 is 1.35 bits per heavy atom. The normalized spacial score (nSPS) is 34.6. The molecule has 0 aromatic heterocycles. The lowest BCUT2D eigenvalue weighted by atomic mass is 9.73. The van der Waals surface area contributed by atoms with Gasteiger partial charge >= 0.3 is 0 Å². The molecule has 0 radical (unpaired) electrons. The number of aromatic hydroxyl groups is 2. The van der Waals surface area contributed by atoms with Gasteiger partial charge < -0.3 is 57.4 Å². The average Bonchev–Trinajstić information content (AvgIpc) is 3.57. The number of aliphatic hydroxyl groups is 4. The largest absolute Gasteiger partial charge is 1.00 e. The van der Waals surface area contributed by atoms with Crippen LogP contribution in [0.3, 0.4) is 0 Å². The van der Waals surface area contributed by atoms with E-state index in [0.29, 0.717) is 11.5 Å². The first-order valence-electron chi connectivity index (χ1n) is 14.7. The van der Waals surface area contributed by atoms with Gasteiger partial charge in [0.15, 0.2) is 23.0 Å². The molecule has 4 aliphatic heterocycles. The predicted molar refractivity (Wildman–Crippen MR) is 152 cm³/mol. The molecule has 0 saturated carbocycles. The first-order chi connectivity index (χ1) is 20.2. The standard InChI is InChI=1S/2C16H19NO4.ClH/c2*1-21-13-5-9-7-17-3-2-8-4-12(19)16(20)14(15(8)17)10(9)6-11(13)18;/h2*4-6,12,14-16,18-20H,2-3,7H2,1H3;1H/t2*12-,14-,15+,16+;/m00./s1. The van der Waals surface area contributed by atoms with Crippen molar-refractivity contribution in [3.8, 4) is 23.0 Å². The highest BCUT2D eigenvalue weighted by Gasteiger charge is 2.52. The lowest BCUT2D eigenvalue weighted by molar-refractivity contribution is -0.927. The highest BCUT2D eigenvalue weighted by Crippen LogP contribution is 2.49. The maximum atomic E-state index is 10.5. The van der Waals surface area contributed by atoms with E-state index >= 15 is 0 Å². The molecule has 9 atom stereocenters. The molecule has 8 rings (SSSR count). The molecule has 6 aliphatic rings. The van der Waals surface area contributed by atoms with Crippen molar-refractivity contribution < 1.29 is 57.4 Å². The van der Waals surface area contributed by atoms with Crippen molar-refractivity contribution in [3.63, 3.8) is 0 Å². The van der Waals surface area contributed by atoms with Gasteiger partial charge in [0.1, 0.15) is 12.6 Å². The maximum Gasteiger partial charge on any atom is 0.160 e. The van der Waals surface area contributed by atoms with Crippen LogP contribution in [0.5, 0.6) is 23.0 Å². The number of ether oxygens (including phenoxy) is 2. The summed E-state index contributed by atoms with van der Waals surface area (Å²) in [6.45, 7) is 3.62. The fourth-order valence-electron chi connectivity index (χ4n) is 8.48. The molecule has 2 aromatic carbocycles. The molecule has 0 spiro atoms. The van der Waals surface area contributed by atoms with Crippen LogP contribution in [0.2, 0.25) is 0 Å². The van der Waals surface area contributed by atoms with Crippen molar-refractivity contribution in [1.82, 2.24) is 4.90 Å². The Kier molecular flexibility index (Phi) is 7.91. The van der Waals surface area contributed by atoms with Crippen LogP contribution >= 0.6 is 0 Å². The van der Waals surface area contributed by atoms with Crippen molar-refractivity contribution >= 4 is 0 Å². The van der Waals surface area contributed by atoms with Gasteiger partial charge in [0.05, 0.1) is 51.1 Å². The number of hydrogen-bond acceptors (Lipinski definition) is 9. The number of methoxy groups -OCH3 is 2. The zero-order chi connectivity index (χ0) is 29.4. The molecule has 2 saturated heterocycles. The number of halogens is 1. The van der Waals surface area contributed by atoms with Gasteiger partial charge in [-0.15, -0.1) is 0 Å². The van der Waals surface area contributed by atoms with Gasteiger partial charge in [-0.05, 0) is 59.0 Å². The third-order valence-electron chi connectivity index (χ3n) is 10.3. The van der Waals surface area contributed by atoms with Gasteiger partial charge in [-0.25, -0.2) is 0 Å². The summed E-state index contributed by atoms with van der Waals surface area (Å²) in [5, 5.41) is 61.3. The minimum atomic E-state index is -0.841. The number of rotatable bonds is 2. The van der Waals surface area contributed by atoms with Crippen LogP contribution in [0, 0.1) is 0 Å². The van der Waals surface area contributed by atoms with E-state index in [2.05, 4.69) is 4.90 Å². The van der Waals surface area contributed by atoms with Crippen LogP contribution in [-0.2, 0) is 13.1 Å². The van der Waals surface area contributed by atoms with E-state index in [1.165, 1.54) is 30.3 Å². The maximum absolute atomic E-state index is 10.5. The van der Waals surface area contributed by atoms with Gasteiger partial charge in [-0.2, -0.15) is 0 Å². The summed E-state index contributed by atoms with van der Waals surface area (Å²) in [6, 6.07) is 7.46. The number of nitrogens with one attached hydrogen (secondary N) is 1. The molecule has 1 unspecified atom stereocenters. The van der Waals surface area contributed by atoms with Gasteiger partial charge in [-0.3, -0.25) is 4.90 Å². The number of phenols is 2.